The Morgan fingerprint density at radius 2 is 1.83 bits per heavy atom. The summed E-state index contributed by atoms with van der Waals surface area (Å²) < 4.78 is 7.05. The van der Waals surface area contributed by atoms with Crippen molar-refractivity contribution in [3.63, 3.8) is 0 Å². The molecule has 0 unspecified atom stereocenters. The molecular weight excluding hydrogens is 424 g/mol. The summed E-state index contributed by atoms with van der Waals surface area (Å²) in [6, 6.07) is 11.3. The molecule has 0 saturated carbocycles. The van der Waals surface area contributed by atoms with Gasteiger partial charge in [0.25, 0.3) is 0 Å². The SMILES string of the molecule is COc1ccc(CC(=O)N/N=C/c2cc(Br)c(C)c(Br)c2)cc1. The summed E-state index contributed by atoms with van der Waals surface area (Å²) in [5.74, 6) is 0.597. The van der Waals surface area contributed by atoms with Crippen molar-refractivity contribution in [2.45, 2.75) is 13.3 Å². The zero-order chi connectivity index (χ0) is 16.8. The predicted octanol–water partition coefficient (Wildman–Crippen LogP) is 4.22. The highest BCUT2D eigenvalue weighted by Gasteiger charge is 2.04. The minimum absolute atomic E-state index is 0.170. The van der Waals surface area contributed by atoms with Gasteiger partial charge < -0.3 is 4.74 Å². The second kappa shape index (κ2) is 8.26. The molecule has 2 aromatic carbocycles. The molecule has 0 aromatic heterocycles. The Morgan fingerprint density at radius 1 is 1.22 bits per heavy atom. The fraction of sp³-hybridized carbons (Fsp3) is 0.176. The summed E-state index contributed by atoms with van der Waals surface area (Å²) in [4.78, 5) is 11.9. The van der Waals surface area contributed by atoms with Crippen LogP contribution in [0.3, 0.4) is 0 Å². The number of amides is 1. The molecule has 0 atom stereocenters. The first kappa shape index (κ1) is 17.7. The van der Waals surface area contributed by atoms with E-state index in [-0.39, 0.29) is 12.3 Å². The van der Waals surface area contributed by atoms with Crippen molar-refractivity contribution in [3.05, 3.63) is 62.0 Å². The predicted molar refractivity (Wildman–Crippen MR) is 99.0 cm³/mol. The van der Waals surface area contributed by atoms with Gasteiger partial charge in [-0.1, -0.05) is 44.0 Å². The lowest BCUT2D eigenvalue weighted by molar-refractivity contribution is -0.120. The van der Waals surface area contributed by atoms with E-state index in [1.54, 1.807) is 13.3 Å². The Kier molecular flexibility index (Phi) is 6.36. The topological polar surface area (TPSA) is 50.7 Å². The van der Waals surface area contributed by atoms with E-state index in [0.29, 0.717) is 0 Å². The first-order valence-electron chi connectivity index (χ1n) is 6.90. The van der Waals surface area contributed by atoms with Crippen LogP contribution in [0.4, 0.5) is 0 Å². The molecule has 0 bridgehead atoms. The number of hydrogen-bond donors (Lipinski definition) is 1. The van der Waals surface area contributed by atoms with E-state index in [1.165, 1.54) is 0 Å². The van der Waals surface area contributed by atoms with E-state index in [1.807, 2.05) is 43.3 Å². The third-order valence-electron chi connectivity index (χ3n) is 3.23. The molecule has 0 radical (unpaired) electrons. The molecule has 0 spiro atoms. The monoisotopic (exact) mass is 438 g/mol. The van der Waals surface area contributed by atoms with Crippen LogP contribution in [0.5, 0.6) is 5.75 Å². The maximum atomic E-state index is 11.9. The number of benzene rings is 2. The van der Waals surface area contributed by atoms with Gasteiger partial charge in [0.15, 0.2) is 0 Å². The molecule has 0 fully saturated rings. The first-order valence-corrected chi connectivity index (χ1v) is 8.48. The van der Waals surface area contributed by atoms with Gasteiger partial charge in [0.1, 0.15) is 5.75 Å². The lowest BCUT2D eigenvalue weighted by atomic mass is 10.1. The van der Waals surface area contributed by atoms with E-state index in [4.69, 9.17) is 4.74 Å². The van der Waals surface area contributed by atoms with Gasteiger partial charge in [0.05, 0.1) is 19.7 Å². The highest BCUT2D eigenvalue weighted by atomic mass is 79.9. The van der Waals surface area contributed by atoms with Gasteiger partial charge in [-0.2, -0.15) is 5.10 Å². The van der Waals surface area contributed by atoms with E-state index < -0.39 is 0 Å². The third kappa shape index (κ3) is 5.18. The van der Waals surface area contributed by atoms with Crippen LogP contribution in [-0.2, 0) is 11.2 Å². The summed E-state index contributed by atoms with van der Waals surface area (Å²) in [5, 5.41) is 3.99. The number of ether oxygens (including phenoxy) is 1. The van der Waals surface area contributed by atoms with E-state index >= 15 is 0 Å². The molecule has 0 aliphatic heterocycles. The summed E-state index contributed by atoms with van der Waals surface area (Å²) >= 11 is 6.97. The molecule has 0 aliphatic rings. The Hall–Kier alpha value is -1.66. The second-order valence-corrected chi connectivity index (χ2v) is 6.64. The molecule has 1 N–H and O–H groups in total. The van der Waals surface area contributed by atoms with Gasteiger partial charge in [-0.3, -0.25) is 4.79 Å². The van der Waals surface area contributed by atoms with Crippen molar-refractivity contribution < 1.29 is 9.53 Å². The van der Waals surface area contributed by atoms with E-state index in [2.05, 4.69) is 42.4 Å². The maximum Gasteiger partial charge on any atom is 0.244 e. The Balaban J connectivity index is 1.93. The summed E-state index contributed by atoms with van der Waals surface area (Å²) in [6.07, 6.45) is 1.88. The van der Waals surface area contributed by atoms with Crippen LogP contribution < -0.4 is 10.2 Å². The lowest BCUT2D eigenvalue weighted by Crippen LogP contribution is -2.19. The van der Waals surface area contributed by atoms with Crippen LogP contribution in [-0.4, -0.2) is 19.2 Å². The van der Waals surface area contributed by atoms with Crippen molar-refractivity contribution in [3.8, 4) is 5.75 Å². The number of hydrogen-bond acceptors (Lipinski definition) is 3. The minimum Gasteiger partial charge on any atom is -0.497 e. The quantitative estimate of drug-likeness (QED) is 0.560. The number of nitrogens with one attached hydrogen (secondary N) is 1. The average Bonchev–Trinajstić information content (AvgIpc) is 2.53. The van der Waals surface area contributed by atoms with Gasteiger partial charge in [0, 0.05) is 8.95 Å². The first-order chi connectivity index (χ1) is 11.0. The van der Waals surface area contributed by atoms with Crippen molar-refractivity contribution >= 4 is 44.0 Å². The molecule has 2 rings (SSSR count). The maximum absolute atomic E-state index is 11.9. The molecule has 1 amide bonds. The highest BCUT2D eigenvalue weighted by molar-refractivity contribution is 9.11. The molecule has 4 nitrogen and oxygen atoms in total. The largest absolute Gasteiger partial charge is 0.497 e. The number of methoxy groups -OCH3 is 1. The Morgan fingerprint density at radius 3 is 2.39 bits per heavy atom. The minimum atomic E-state index is -0.170. The van der Waals surface area contributed by atoms with Crippen LogP contribution >= 0.6 is 31.9 Å². The number of hydrazone groups is 1. The molecule has 0 aliphatic carbocycles. The number of halogens is 2. The van der Waals surface area contributed by atoms with Gasteiger partial charge in [-0.25, -0.2) is 5.43 Å². The number of rotatable bonds is 5. The van der Waals surface area contributed by atoms with Crippen molar-refractivity contribution in [1.82, 2.24) is 5.43 Å². The lowest BCUT2D eigenvalue weighted by Gasteiger charge is -2.04. The smallest absolute Gasteiger partial charge is 0.244 e. The van der Waals surface area contributed by atoms with Crippen LogP contribution in [0.2, 0.25) is 0 Å². The molecule has 120 valence electrons. The summed E-state index contributed by atoms with van der Waals surface area (Å²) in [6.45, 7) is 2.01. The summed E-state index contributed by atoms with van der Waals surface area (Å²) in [7, 11) is 1.61. The van der Waals surface area contributed by atoms with Crippen LogP contribution in [0, 0.1) is 6.92 Å². The normalized spacial score (nSPS) is 10.8. The number of carbonyl (C=O) groups is 1. The van der Waals surface area contributed by atoms with Gasteiger partial charge in [-0.15, -0.1) is 0 Å². The van der Waals surface area contributed by atoms with E-state index in [9.17, 15) is 4.79 Å². The standard InChI is InChI=1S/C17H16Br2N2O2/c1-11-15(18)7-13(8-16(11)19)10-20-21-17(22)9-12-3-5-14(23-2)6-4-12/h3-8,10H,9H2,1-2H3,(H,21,22)/b20-10+. The summed E-state index contributed by atoms with van der Waals surface area (Å²) in [5.41, 5.74) is 5.44. The van der Waals surface area contributed by atoms with Gasteiger partial charge in [-0.05, 0) is 47.9 Å². The van der Waals surface area contributed by atoms with Crippen molar-refractivity contribution in [2.24, 2.45) is 5.10 Å². The second-order valence-electron chi connectivity index (χ2n) is 4.93. The fourth-order valence-electron chi connectivity index (χ4n) is 1.89. The van der Waals surface area contributed by atoms with Crippen LogP contribution in [0.25, 0.3) is 0 Å². The molecule has 6 heteroatoms. The van der Waals surface area contributed by atoms with E-state index in [0.717, 1.165) is 31.4 Å². The van der Waals surface area contributed by atoms with Crippen molar-refractivity contribution in [1.29, 1.82) is 0 Å². The zero-order valence-corrected chi connectivity index (χ0v) is 15.9. The Labute approximate surface area is 152 Å². The Bertz CT molecular complexity index is 705. The van der Waals surface area contributed by atoms with Crippen LogP contribution in [0.15, 0.2) is 50.4 Å². The molecule has 0 heterocycles. The number of nitrogens with zero attached hydrogens (tertiary/aromatic N) is 1. The fourth-order valence-corrected chi connectivity index (χ4v) is 3.11. The molecule has 23 heavy (non-hydrogen) atoms. The third-order valence-corrected chi connectivity index (χ3v) is 4.88. The molecule has 0 saturated heterocycles. The van der Waals surface area contributed by atoms with Crippen molar-refractivity contribution in [2.75, 3.05) is 7.11 Å². The zero-order valence-electron chi connectivity index (χ0n) is 12.8. The number of carbonyl (C=O) groups excluding carboxylic acids is 1. The molecule has 2 aromatic rings. The average molecular weight is 440 g/mol. The van der Waals surface area contributed by atoms with Crippen LogP contribution in [0.1, 0.15) is 16.7 Å². The highest BCUT2D eigenvalue weighted by Crippen LogP contribution is 2.25. The van der Waals surface area contributed by atoms with Gasteiger partial charge in [0.2, 0.25) is 5.91 Å². The molecular formula is C17H16Br2N2O2. The van der Waals surface area contributed by atoms with Gasteiger partial charge >= 0.3 is 0 Å².